The second-order valence-corrected chi connectivity index (χ2v) is 16.5. The summed E-state index contributed by atoms with van der Waals surface area (Å²) in [7, 11) is 0. The second kappa shape index (κ2) is 13.2. The van der Waals surface area contributed by atoms with Crippen molar-refractivity contribution in [1.29, 1.82) is 0 Å². The third-order valence-corrected chi connectivity index (χ3v) is 12.6. The molecule has 0 fully saturated rings. The van der Waals surface area contributed by atoms with Crippen LogP contribution in [0.25, 0.3) is 105 Å². The second-order valence-electron chi connectivity index (χ2n) is 16.5. The van der Waals surface area contributed by atoms with Gasteiger partial charge in [-0.15, -0.1) is 0 Å². The summed E-state index contributed by atoms with van der Waals surface area (Å²) in [5, 5.41) is 6.97. The summed E-state index contributed by atoms with van der Waals surface area (Å²) >= 11 is 0. The van der Waals surface area contributed by atoms with Gasteiger partial charge in [0.1, 0.15) is 0 Å². The Labute approximate surface area is 348 Å². The first-order valence-electron chi connectivity index (χ1n) is 20.6. The largest absolute Gasteiger partial charge is 0.309 e. The molecule has 12 rings (SSSR count). The van der Waals surface area contributed by atoms with Gasteiger partial charge in [0.05, 0.1) is 11.0 Å². The Morgan fingerprint density at radius 1 is 0.367 bits per heavy atom. The van der Waals surface area contributed by atoms with E-state index < -0.39 is 0 Å². The summed E-state index contributed by atoms with van der Waals surface area (Å²) in [6.45, 7) is 4.72. The van der Waals surface area contributed by atoms with Gasteiger partial charge in [0.15, 0.2) is 17.5 Å². The van der Waals surface area contributed by atoms with Crippen LogP contribution in [-0.2, 0) is 5.41 Å². The highest BCUT2D eigenvalue weighted by Gasteiger charge is 2.37. The van der Waals surface area contributed by atoms with Crippen LogP contribution in [0.5, 0.6) is 0 Å². The highest BCUT2D eigenvalue weighted by Crippen LogP contribution is 2.52. The summed E-state index contributed by atoms with van der Waals surface area (Å²) in [4.78, 5) is 15.6. The van der Waals surface area contributed by atoms with Gasteiger partial charge in [0.2, 0.25) is 0 Å². The van der Waals surface area contributed by atoms with Crippen molar-refractivity contribution in [3.63, 3.8) is 0 Å². The van der Waals surface area contributed by atoms with Crippen molar-refractivity contribution < 1.29 is 0 Å². The van der Waals surface area contributed by atoms with Gasteiger partial charge in [-0.3, -0.25) is 0 Å². The number of fused-ring (bicyclic) bond motifs is 8. The van der Waals surface area contributed by atoms with Gasteiger partial charge in [-0.05, 0) is 110 Å². The highest BCUT2D eigenvalue weighted by molar-refractivity contribution is 6.12. The predicted octanol–water partition coefficient (Wildman–Crippen LogP) is 14.2. The fourth-order valence-corrected chi connectivity index (χ4v) is 9.69. The SMILES string of the molecule is CC1(C)c2ccccc2-c2cccc(-c3ccc4c(c3)c3cc(-c5nc(-c6ccc7ccccc7c6)nc(-c6ccc7ccccc7c6)n5)ccc3n4-c3ccccc3)c21. The van der Waals surface area contributed by atoms with Crippen molar-refractivity contribution in [3.05, 3.63) is 205 Å². The molecule has 1 aliphatic carbocycles. The number of aromatic nitrogens is 4. The number of hydrogen-bond acceptors (Lipinski definition) is 3. The van der Waals surface area contributed by atoms with E-state index in [1.54, 1.807) is 0 Å². The maximum Gasteiger partial charge on any atom is 0.164 e. The molecule has 0 radical (unpaired) electrons. The van der Waals surface area contributed by atoms with E-state index in [0.29, 0.717) is 17.5 Å². The molecule has 0 amide bonds. The minimum Gasteiger partial charge on any atom is -0.309 e. The van der Waals surface area contributed by atoms with Crippen LogP contribution in [0.15, 0.2) is 194 Å². The van der Waals surface area contributed by atoms with E-state index in [9.17, 15) is 0 Å². The molecule has 11 aromatic rings. The average molecular weight is 767 g/mol. The van der Waals surface area contributed by atoms with Gasteiger partial charge in [0.25, 0.3) is 0 Å². The molecule has 0 unspecified atom stereocenters. The Morgan fingerprint density at radius 2 is 0.833 bits per heavy atom. The Hall–Kier alpha value is -7.69. The maximum absolute atomic E-state index is 5.23. The van der Waals surface area contributed by atoms with Crippen LogP contribution in [0.4, 0.5) is 0 Å². The minimum atomic E-state index is -0.132. The summed E-state index contributed by atoms with van der Waals surface area (Å²) in [5.74, 6) is 1.92. The number of hydrogen-bond donors (Lipinski definition) is 0. The Kier molecular flexibility index (Phi) is 7.54. The lowest BCUT2D eigenvalue weighted by molar-refractivity contribution is 0.662. The smallest absolute Gasteiger partial charge is 0.164 e. The topological polar surface area (TPSA) is 43.6 Å². The molecule has 2 heterocycles. The van der Waals surface area contributed by atoms with Crippen LogP contribution in [0, 0.1) is 0 Å². The fraction of sp³-hybridized carbons (Fsp3) is 0.0536. The molecular formula is C56H38N4. The number of para-hydroxylation sites is 1. The molecule has 0 bridgehead atoms. The van der Waals surface area contributed by atoms with E-state index in [1.165, 1.54) is 49.5 Å². The monoisotopic (exact) mass is 766 g/mol. The van der Waals surface area contributed by atoms with Crippen LogP contribution in [0.2, 0.25) is 0 Å². The van der Waals surface area contributed by atoms with Gasteiger partial charge >= 0.3 is 0 Å². The van der Waals surface area contributed by atoms with Crippen LogP contribution in [0.3, 0.4) is 0 Å². The van der Waals surface area contributed by atoms with Crippen molar-refractivity contribution in [2.24, 2.45) is 0 Å². The van der Waals surface area contributed by atoms with E-state index in [2.05, 4.69) is 213 Å². The zero-order valence-electron chi connectivity index (χ0n) is 33.3. The number of nitrogens with zero attached hydrogens (tertiary/aromatic N) is 4. The zero-order chi connectivity index (χ0) is 40.0. The molecule has 282 valence electrons. The van der Waals surface area contributed by atoms with Gasteiger partial charge < -0.3 is 4.57 Å². The minimum absolute atomic E-state index is 0.132. The predicted molar refractivity (Wildman–Crippen MR) is 248 cm³/mol. The molecule has 4 nitrogen and oxygen atoms in total. The summed E-state index contributed by atoms with van der Waals surface area (Å²) < 4.78 is 2.38. The average Bonchev–Trinajstić information content (AvgIpc) is 3.76. The molecular weight excluding hydrogens is 729 g/mol. The van der Waals surface area contributed by atoms with Crippen LogP contribution in [0.1, 0.15) is 25.0 Å². The van der Waals surface area contributed by atoms with E-state index in [-0.39, 0.29) is 5.41 Å². The van der Waals surface area contributed by atoms with Gasteiger partial charge in [-0.1, -0.05) is 153 Å². The van der Waals surface area contributed by atoms with Crippen LogP contribution in [-0.4, -0.2) is 19.5 Å². The Balaban J connectivity index is 1.08. The van der Waals surface area contributed by atoms with Crippen molar-refractivity contribution in [3.8, 4) is 62.1 Å². The molecule has 0 saturated heterocycles. The first kappa shape index (κ1) is 34.4. The normalized spacial score (nSPS) is 13.0. The van der Waals surface area contributed by atoms with Crippen molar-refractivity contribution in [2.45, 2.75) is 19.3 Å². The molecule has 1 aliphatic rings. The van der Waals surface area contributed by atoms with E-state index in [1.807, 2.05) is 0 Å². The van der Waals surface area contributed by atoms with Gasteiger partial charge in [-0.2, -0.15) is 0 Å². The van der Waals surface area contributed by atoms with Crippen molar-refractivity contribution in [1.82, 2.24) is 19.5 Å². The van der Waals surface area contributed by atoms with E-state index in [0.717, 1.165) is 49.6 Å². The maximum atomic E-state index is 5.23. The fourth-order valence-electron chi connectivity index (χ4n) is 9.69. The Bertz CT molecular complexity index is 3430. The van der Waals surface area contributed by atoms with Gasteiger partial charge in [0, 0.05) is 38.6 Å². The van der Waals surface area contributed by atoms with Crippen molar-refractivity contribution >= 4 is 43.4 Å². The lowest BCUT2D eigenvalue weighted by atomic mass is 9.79. The molecule has 0 aliphatic heterocycles. The quantitative estimate of drug-likeness (QED) is 0.175. The van der Waals surface area contributed by atoms with Gasteiger partial charge in [-0.25, -0.2) is 15.0 Å². The summed E-state index contributed by atoms with van der Waals surface area (Å²) in [6, 6.07) is 69.7. The summed E-state index contributed by atoms with van der Waals surface area (Å²) in [6.07, 6.45) is 0. The molecule has 0 spiro atoms. The summed E-state index contributed by atoms with van der Waals surface area (Å²) in [5.41, 5.74) is 14.0. The van der Waals surface area contributed by atoms with Crippen molar-refractivity contribution in [2.75, 3.05) is 0 Å². The van der Waals surface area contributed by atoms with Crippen LogP contribution < -0.4 is 0 Å². The Morgan fingerprint density at radius 3 is 1.47 bits per heavy atom. The first-order chi connectivity index (χ1) is 29.5. The highest BCUT2D eigenvalue weighted by atomic mass is 15.0. The lowest BCUT2D eigenvalue weighted by Gasteiger charge is -2.24. The van der Waals surface area contributed by atoms with Crippen LogP contribution >= 0.6 is 0 Å². The molecule has 0 N–H and O–H groups in total. The molecule has 60 heavy (non-hydrogen) atoms. The molecule has 0 atom stereocenters. The lowest BCUT2D eigenvalue weighted by Crippen LogP contribution is -2.16. The number of benzene rings is 9. The first-order valence-corrected chi connectivity index (χ1v) is 20.6. The third kappa shape index (κ3) is 5.34. The van der Waals surface area contributed by atoms with E-state index >= 15 is 0 Å². The third-order valence-electron chi connectivity index (χ3n) is 12.6. The number of rotatable bonds is 5. The molecule has 2 aromatic heterocycles. The molecule has 4 heteroatoms. The molecule has 9 aromatic carbocycles. The zero-order valence-corrected chi connectivity index (χ0v) is 33.3. The standard InChI is InChI=1S/C56H38N4/c1-56(2)49-22-11-10-19-45(49)46-21-12-20-44(52(46)56)39-27-29-50-47(33-39)48-34-42(28-30-51(48)60(50)43-17-4-3-5-18-43)55-58-53(40-25-23-35-13-6-8-15-37(35)31-40)57-54(59-55)41-26-24-36-14-7-9-16-38(36)32-41/h3-34H,1-2H3. The van der Waals surface area contributed by atoms with E-state index in [4.69, 9.17) is 15.0 Å². The molecule has 0 saturated carbocycles.